The second-order valence-corrected chi connectivity index (χ2v) is 5.57. The predicted octanol–water partition coefficient (Wildman–Crippen LogP) is 2.16. The minimum Gasteiger partial charge on any atom is -0.393 e. The van der Waals surface area contributed by atoms with Gasteiger partial charge < -0.3 is 10.6 Å². The van der Waals surface area contributed by atoms with Crippen molar-refractivity contribution in [3.63, 3.8) is 0 Å². The topological polar surface area (TPSA) is 59.2 Å². The minimum absolute atomic E-state index is 0.0162. The summed E-state index contributed by atoms with van der Waals surface area (Å²) in [5.74, 6) is 0.381. The molecule has 0 saturated heterocycles. The van der Waals surface area contributed by atoms with Crippen LogP contribution in [0.3, 0.4) is 0 Å². The second-order valence-electron chi connectivity index (χ2n) is 5.05. The van der Waals surface area contributed by atoms with Gasteiger partial charge >= 0.3 is 0 Å². The maximum absolute atomic E-state index is 12.4. The second kappa shape index (κ2) is 7.19. The van der Waals surface area contributed by atoms with Gasteiger partial charge in [-0.3, -0.25) is 9.78 Å². The summed E-state index contributed by atoms with van der Waals surface area (Å²) in [7, 11) is 0. The van der Waals surface area contributed by atoms with E-state index in [0.29, 0.717) is 36.0 Å². The molecule has 4 nitrogen and oxygen atoms in total. The van der Waals surface area contributed by atoms with Crippen LogP contribution in [0.1, 0.15) is 36.3 Å². The summed E-state index contributed by atoms with van der Waals surface area (Å²) in [6.07, 6.45) is 2.17. The molecule has 0 radical (unpaired) electrons. The fourth-order valence-corrected chi connectivity index (χ4v) is 1.83. The number of aryl methyl sites for hydroxylation is 1. The normalized spacial score (nSPS) is 10.5. The summed E-state index contributed by atoms with van der Waals surface area (Å²) in [4.78, 5) is 18.8. The Balaban J connectivity index is 2.80. The van der Waals surface area contributed by atoms with Gasteiger partial charge in [0, 0.05) is 31.4 Å². The number of thiocarbonyl (C=S) groups is 1. The molecule has 1 aromatic rings. The van der Waals surface area contributed by atoms with Crippen LogP contribution in [0.15, 0.2) is 18.3 Å². The number of hydrogen-bond acceptors (Lipinski definition) is 3. The van der Waals surface area contributed by atoms with Crippen molar-refractivity contribution in [2.24, 2.45) is 11.7 Å². The van der Waals surface area contributed by atoms with Crippen LogP contribution in [0, 0.1) is 12.8 Å². The molecule has 0 bridgehead atoms. The average molecular weight is 279 g/mol. The van der Waals surface area contributed by atoms with Gasteiger partial charge in [-0.1, -0.05) is 26.1 Å². The molecule has 1 aromatic heterocycles. The number of nitrogens with two attached hydrogens (primary N) is 1. The lowest BCUT2D eigenvalue weighted by molar-refractivity contribution is 0.0740. The number of rotatable bonds is 6. The summed E-state index contributed by atoms with van der Waals surface area (Å²) in [6, 6.07) is 3.65. The Kier molecular flexibility index (Phi) is 5.89. The Hall–Kier alpha value is -1.49. The maximum atomic E-state index is 12.4. The van der Waals surface area contributed by atoms with Gasteiger partial charge in [-0.05, 0) is 25.0 Å². The van der Waals surface area contributed by atoms with Crippen molar-refractivity contribution in [2.45, 2.75) is 27.2 Å². The monoisotopic (exact) mass is 279 g/mol. The van der Waals surface area contributed by atoms with E-state index in [1.807, 2.05) is 13.0 Å². The van der Waals surface area contributed by atoms with Gasteiger partial charge in [0.15, 0.2) is 0 Å². The molecule has 19 heavy (non-hydrogen) atoms. The minimum atomic E-state index is -0.0162. The molecule has 0 unspecified atom stereocenters. The van der Waals surface area contributed by atoms with Gasteiger partial charge in [-0.15, -0.1) is 0 Å². The Bertz CT molecular complexity index is 443. The number of hydrogen-bond donors (Lipinski definition) is 1. The lowest BCUT2D eigenvalue weighted by Gasteiger charge is -2.24. The number of carbonyl (C=O) groups excluding carboxylic acids is 1. The summed E-state index contributed by atoms with van der Waals surface area (Å²) in [6.45, 7) is 7.30. The van der Waals surface area contributed by atoms with Crippen LogP contribution in [-0.4, -0.2) is 33.9 Å². The third-order valence-corrected chi connectivity index (χ3v) is 2.86. The van der Waals surface area contributed by atoms with Crippen molar-refractivity contribution < 1.29 is 4.79 Å². The summed E-state index contributed by atoms with van der Waals surface area (Å²) >= 11 is 4.88. The molecule has 2 N–H and O–H groups in total. The molecule has 0 aliphatic rings. The largest absolute Gasteiger partial charge is 0.393 e. The summed E-state index contributed by atoms with van der Waals surface area (Å²) in [5.41, 5.74) is 7.02. The molecule has 1 rings (SSSR count). The Morgan fingerprint density at radius 1 is 1.47 bits per heavy atom. The van der Waals surface area contributed by atoms with E-state index in [2.05, 4.69) is 18.8 Å². The molecule has 0 aliphatic carbocycles. The third kappa shape index (κ3) is 5.34. The Morgan fingerprint density at radius 3 is 2.63 bits per heavy atom. The van der Waals surface area contributed by atoms with E-state index in [0.717, 1.165) is 5.69 Å². The van der Waals surface area contributed by atoms with Gasteiger partial charge in [0.1, 0.15) is 0 Å². The standard InChI is InChI=1S/C14H21N3OS/c1-10(2)9-17(7-6-13(15)19)14(18)12-5-4-11(3)16-8-12/h4-5,8,10H,6-7,9H2,1-3H3,(H2,15,19). The molecular weight excluding hydrogens is 258 g/mol. The molecule has 104 valence electrons. The number of carbonyl (C=O) groups is 1. The first-order valence-electron chi connectivity index (χ1n) is 6.40. The first-order chi connectivity index (χ1) is 8.90. The van der Waals surface area contributed by atoms with Crippen LogP contribution in [0.4, 0.5) is 0 Å². The third-order valence-electron chi connectivity index (χ3n) is 2.66. The zero-order valence-electron chi connectivity index (χ0n) is 11.7. The van der Waals surface area contributed by atoms with E-state index in [-0.39, 0.29) is 5.91 Å². The quantitative estimate of drug-likeness (QED) is 0.811. The molecular formula is C14H21N3OS. The highest BCUT2D eigenvalue weighted by atomic mass is 32.1. The van der Waals surface area contributed by atoms with Gasteiger partial charge in [0.2, 0.25) is 0 Å². The molecule has 0 fully saturated rings. The summed E-state index contributed by atoms with van der Waals surface area (Å²) < 4.78 is 0. The van der Waals surface area contributed by atoms with E-state index in [4.69, 9.17) is 18.0 Å². The Morgan fingerprint density at radius 2 is 2.16 bits per heavy atom. The lowest BCUT2D eigenvalue weighted by atomic mass is 10.1. The van der Waals surface area contributed by atoms with Crippen LogP contribution in [-0.2, 0) is 0 Å². The van der Waals surface area contributed by atoms with E-state index in [1.54, 1.807) is 17.2 Å². The number of pyridine rings is 1. The fraction of sp³-hybridized carbons (Fsp3) is 0.500. The van der Waals surface area contributed by atoms with Crippen LogP contribution in [0.25, 0.3) is 0 Å². The van der Waals surface area contributed by atoms with Crippen LogP contribution >= 0.6 is 12.2 Å². The fourth-order valence-electron chi connectivity index (χ4n) is 1.74. The lowest BCUT2D eigenvalue weighted by Crippen LogP contribution is -2.36. The number of aromatic nitrogens is 1. The van der Waals surface area contributed by atoms with Crippen molar-refractivity contribution in [1.82, 2.24) is 9.88 Å². The van der Waals surface area contributed by atoms with Crippen molar-refractivity contribution >= 4 is 23.1 Å². The molecule has 0 saturated carbocycles. The van der Waals surface area contributed by atoms with Gasteiger partial charge in [-0.25, -0.2) is 0 Å². The molecule has 0 spiro atoms. The summed E-state index contributed by atoms with van der Waals surface area (Å²) in [5, 5.41) is 0. The van der Waals surface area contributed by atoms with E-state index in [9.17, 15) is 4.79 Å². The van der Waals surface area contributed by atoms with Gasteiger partial charge in [0.25, 0.3) is 5.91 Å². The number of amides is 1. The van der Waals surface area contributed by atoms with Crippen LogP contribution < -0.4 is 5.73 Å². The van der Waals surface area contributed by atoms with E-state index >= 15 is 0 Å². The first-order valence-corrected chi connectivity index (χ1v) is 6.81. The van der Waals surface area contributed by atoms with Gasteiger partial charge in [-0.2, -0.15) is 0 Å². The highest BCUT2D eigenvalue weighted by Crippen LogP contribution is 2.08. The van der Waals surface area contributed by atoms with E-state index < -0.39 is 0 Å². The molecule has 0 aromatic carbocycles. The molecule has 5 heteroatoms. The maximum Gasteiger partial charge on any atom is 0.255 e. The van der Waals surface area contributed by atoms with Crippen molar-refractivity contribution in [2.75, 3.05) is 13.1 Å². The predicted molar refractivity (Wildman–Crippen MR) is 81.1 cm³/mol. The van der Waals surface area contributed by atoms with Crippen molar-refractivity contribution in [3.8, 4) is 0 Å². The van der Waals surface area contributed by atoms with E-state index in [1.165, 1.54) is 0 Å². The highest BCUT2D eigenvalue weighted by Gasteiger charge is 2.17. The molecule has 1 amide bonds. The molecule has 1 heterocycles. The average Bonchev–Trinajstić information content (AvgIpc) is 2.34. The van der Waals surface area contributed by atoms with Crippen LogP contribution in [0.5, 0.6) is 0 Å². The van der Waals surface area contributed by atoms with Crippen molar-refractivity contribution in [3.05, 3.63) is 29.6 Å². The first kappa shape index (κ1) is 15.6. The SMILES string of the molecule is Cc1ccc(C(=O)N(CCC(N)=S)CC(C)C)cn1. The zero-order chi connectivity index (χ0) is 14.4. The number of nitrogens with zero attached hydrogens (tertiary/aromatic N) is 2. The Labute approximate surface area is 120 Å². The zero-order valence-corrected chi connectivity index (χ0v) is 12.5. The highest BCUT2D eigenvalue weighted by molar-refractivity contribution is 7.80. The van der Waals surface area contributed by atoms with Crippen molar-refractivity contribution in [1.29, 1.82) is 0 Å². The van der Waals surface area contributed by atoms with Crippen LogP contribution in [0.2, 0.25) is 0 Å². The molecule has 0 atom stereocenters. The van der Waals surface area contributed by atoms with Gasteiger partial charge in [0.05, 0.1) is 10.6 Å². The smallest absolute Gasteiger partial charge is 0.255 e. The molecule has 0 aliphatic heterocycles.